The van der Waals surface area contributed by atoms with E-state index in [4.69, 9.17) is 11.6 Å². The van der Waals surface area contributed by atoms with Crippen molar-refractivity contribution in [3.63, 3.8) is 0 Å². The number of nitrogens with zero attached hydrogens (tertiary/aromatic N) is 3. The molecule has 0 aliphatic heterocycles. The van der Waals surface area contributed by atoms with Crippen LogP contribution >= 0.6 is 23.4 Å². The van der Waals surface area contributed by atoms with Crippen molar-refractivity contribution in [2.45, 2.75) is 30.3 Å². The number of hydrogen-bond donors (Lipinski definition) is 2. The number of hydrogen-bond acceptors (Lipinski definition) is 5. The van der Waals surface area contributed by atoms with Gasteiger partial charge in [0, 0.05) is 22.0 Å². The second kappa shape index (κ2) is 11.7. The Morgan fingerprint density at radius 1 is 0.943 bits per heavy atom. The van der Waals surface area contributed by atoms with Gasteiger partial charge in [-0.1, -0.05) is 66.7 Å². The van der Waals surface area contributed by atoms with Gasteiger partial charge in [-0.05, 0) is 55.0 Å². The van der Waals surface area contributed by atoms with E-state index in [1.54, 1.807) is 24.3 Å². The fourth-order valence-electron chi connectivity index (χ4n) is 3.38. The van der Waals surface area contributed by atoms with E-state index in [1.807, 2.05) is 72.2 Å². The number of benzene rings is 3. The highest BCUT2D eigenvalue weighted by Crippen LogP contribution is 2.28. The van der Waals surface area contributed by atoms with Crippen molar-refractivity contribution in [3.05, 3.63) is 101 Å². The van der Waals surface area contributed by atoms with Crippen molar-refractivity contribution >= 4 is 40.9 Å². The quantitative estimate of drug-likeness (QED) is 0.299. The molecule has 1 heterocycles. The van der Waals surface area contributed by atoms with Crippen LogP contribution in [0.4, 0.5) is 5.69 Å². The third-order valence-corrected chi connectivity index (χ3v) is 6.74. The Labute approximate surface area is 212 Å². The van der Waals surface area contributed by atoms with Gasteiger partial charge in [-0.25, -0.2) is 0 Å². The van der Waals surface area contributed by atoms with Gasteiger partial charge in [-0.15, -0.1) is 10.2 Å². The lowest BCUT2D eigenvalue weighted by atomic mass is 10.2. The normalized spacial score (nSPS) is 11.6. The maximum Gasteiger partial charge on any atom is 0.251 e. The van der Waals surface area contributed by atoms with Gasteiger partial charge in [0.25, 0.3) is 5.91 Å². The second-order valence-corrected chi connectivity index (χ2v) is 9.24. The molecule has 3 aromatic carbocycles. The molecule has 2 N–H and O–H groups in total. The molecule has 178 valence electrons. The minimum Gasteiger partial charge on any atom is -0.345 e. The van der Waals surface area contributed by atoms with Gasteiger partial charge in [0.2, 0.25) is 5.91 Å². The second-order valence-electron chi connectivity index (χ2n) is 7.63. The summed E-state index contributed by atoms with van der Waals surface area (Å²) in [7, 11) is 0. The highest BCUT2D eigenvalue weighted by Gasteiger charge is 2.23. The maximum atomic E-state index is 12.9. The van der Waals surface area contributed by atoms with Gasteiger partial charge in [-0.2, -0.15) is 0 Å². The van der Waals surface area contributed by atoms with Crippen molar-refractivity contribution in [3.8, 4) is 5.69 Å². The van der Waals surface area contributed by atoms with Crippen LogP contribution in [-0.2, 0) is 11.3 Å². The van der Waals surface area contributed by atoms with Gasteiger partial charge in [0.05, 0.1) is 11.8 Å². The van der Waals surface area contributed by atoms with Crippen molar-refractivity contribution in [1.29, 1.82) is 0 Å². The number of halogens is 1. The SMILES string of the molecule is CC[C@@H](Sc1nnc(CNC(=O)c2ccc(Cl)cc2)n1-c1ccccc1)C(=O)Nc1ccccc1. The third-order valence-electron chi connectivity index (χ3n) is 5.18. The summed E-state index contributed by atoms with van der Waals surface area (Å²) in [6, 6.07) is 25.6. The molecule has 4 aromatic rings. The zero-order valence-corrected chi connectivity index (χ0v) is 20.6. The molecule has 7 nitrogen and oxygen atoms in total. The van der Waals surface area contributed by atoms with E-state index in [9.17, 15) is 9.59 Å². The van der Waals surface area contributed by atoms with Crippen molar-refractivity contribution < 1.29 is 9.59 Å². The van der Waals surface area contributed by atoms with Gasteiger partial charge in [0.15, 0.2) is 11.0 Å². The molecule has 0 aliphatic carbocycles. The number of carbonyl (C=O) groups excluding carboxylic acids is 2. The van der Waals surface area contributed by atoms with E-state index in [2.05, 4.69) is 20.8 Å². The predicted octanol–water partition coefficient (Wildman–Crippen LogP) is 5.36. The van der Waals surface area contributed by atoms with Crippen LogP contribution in [0.3, 0.4) is 0 Å². The number of amides is 2. The third kappa shape index (κ3) is 6.29. The van der Waals surface area contributed by atoms with Gasteiger partial charge >= 0.3 is 0 Å². The Morgan fingerprint density at radius 2 is 1.60 bits per heavy atom. The Bertz CT molecular complexity index is 1280. The summed E-state index contributed by atoms with van der Waals surface area (Å²) in [5, 5.41) is 15.3. The molecule has 0 bridgehead atoms. The zero-order chi connectivity index (χ0) is 24.6. The zero-order valence-electron chi connectivity index (χ0n) is 19.0. The first-order valence-electron chi connectivity index (χ1n) is 11.1. The van der Waals surface area contributed by atoms with Crippen molar-refractivity contribution in [2.24, 2.45) is 0 Å². The van der Waals surface area contributed by atoms with Crippen molar-refractivity contribution in [1.82, 2.24) is 20.1 Å². The first-order valence-corrected chi connectivity index (χ1v) is 12.4. The Balaban J connectivity index is 1.54. The topological polar surface area (TPSA) is 88.9 Å². The number of thioether (sulfide) groups is 1. The monoisotopic (exact) mass is 505 g/mol. The summed E-state index contributed by atoms with van der Waals surface area (Å²) in [6.07, 6.45) is 0.605. The standard InChI is InChI=1S/C26H24ClN5O2S/c1-2-22(25(34)29-20-9-5-3-6-10-20)35-26-31-30-23(32(26)21-11-7-4-8-12-21)17-28-24(33)18-13-15-19(27)16-14-18/h3-16,22H,2,17H2,1H3,(H,28,33)(H,29,34)/t22-/m1/s1. The smallest absolute Gasteiger partial charge is 0.251 e. The molecule has 1 aromatic heterocycles. The summed E-state index contributed by atoms with van der Waals surface area (Å²) < 4.78 is 1.87. The van der Waals surface area contributed by atoms with E-state index in [1.165, 1.54) is 11.8 Å². The van der Waals surface area contributed by atoms with E-state index >= 15 is 0 Å². The van der Waals surface area contributed by atoms with Crippen LogP contribution in [-0.4, -0.2) is 31.8 Å². The van der Waals surface area contributed by atoms with E-state index in [-0.39, 0.29) is 23.6 Å². The molecule has 4 rings (SSSR count). The number of para-hydroxylation sites is 2. The molecule has 0 fully saturated rings. The summed E-state index contributed by atoms with van der Waals surface area (Å²) in [6.45, 7) is 2.12. The number of nitrogens with one attached hydrogen (secondary N) is 2. The summed E-state index contributed by atoms with van der Waals surface area (Å²) in [5.41, 5.74) is 2.08. The Kier molecular flexibility index (Phi) is 8.18. The first-order chi connectivity index (χ1) is 17.0. The molecule has 35 heavy (non-hydrogen) atoms. The van der Waals surface area contributed by atoms with E-state index < -0.39 is 0 Å². The molecule has 2 amide bonds. The molecule has 0 saturated carbocycles. The van der Waals surface area contributed by atoms with E-state index in [0.29, 0.717) is 28.0 Å². The molecule has 0 radical (unpaired) electrons. The largest absolute Gasteiger partial charge is 0.345 e. The Hall–Kier alpha value is -3.62. The molecule has 0 aliphatic rings. The fraction of sp³-hybridized carbons (Fsp3) is 0.154. The molecule has 9 heteroatoms. The van der Waals surface area contributed by atoms with Crippen LogP contribution in [0.1, 0.15) is 29.5 Å². The van der Waals surface area contributed by atoms with Crippen LogP contribution in [0, 0.1) is 0 Å². The lowest BCUT2D eigenvalue weighted by Gasteiger charge is -2.16. The minimum absolute atomic E-state index is 0.107. The molecular formula is C26H24ClN5O2S. The van der Waals surface area contributed by atoms with Crippen molar-refractivity contribution in [2.75, 3.05) is 5.32 Å². The molecule has 0 unspecified atom stereocenters. The van der Waals surface area contributed by atoms with Crippen LogP contribution in [0.25, 0.3) is 5.69 Å². The van der Waals surface area contributed by atoms with E-state index in [0.717, 1.165) is 11.4 Å². The fourth-order valence-corrected chi connectivity index (χ4v) is 4.50. The lowest BCUT2D eigenvalue weighted by Crippen LogP contribution is -2.26. The average molecular weight is 506 g/mol. The van der Waals surface area contributed by atoms with Gasteiger partial charge < -0.3 is 10.6 Å². The molecule has 0 saturated heterocycles. The average Bonchev–Trinajstić information content (AvgIpc) is 3.29. The van der Waals surface area contributed by atoms with Crippen LogP contribution in [0.2, 0.25) is 5.02 Å². The first kappa shape index (κ1) is 24.5. The molecule has 1 atom stereocenters. The Morgan fingerprint density at radius 3 is 2.26 bits per heavy atom. The van der Waals surface area contributed by atoms with Gasteiger partial charge in [-0.3, -0.25) is 14.2 Å². The molecule has 0 spiro atoms. The summed E-state index contributed by atoms with van der Waals surface area (Å²) in [5.74, 6) is 0.204. The molecular weight excluding hydrogens is 482 g/mol. The maximum absolute atomic E-state index is 12.9. The van der Waals surface area contributed by atoms with Crippen LogP contribution in [0.5, 0.6) is 0 Å². The van der Waals surface area contributed by atoms with Gasteiger partial charge in [0.1, 0.15) is 0 Å². The predicted molar refractivity (Wildman–Crippen MR) is 139 cm³/mol. The lowest BCUT2D eigenvalue weighted by molar-refractivity contribution is -0.115. The summed E-state index contributed by atoms with van der Waals surface area (Å²) in [4.78, 5) is 25.5. The number of anilines is 1. The minimum atomic E-state index is -0.377. The number of rotatable bonds is 9. The highest BCUT2D eigenvalue weighted by atomic mass is 35.5. The number of aromatic nitrogens is 3. The summed E-state index contributed by atoms with van der Waals surface area (Å²) >= 11 is 7.26. The highest BCUT2D eigenvalue weighted by molar-refractivity contribution is 8.00. The van der Waals surface area contributed by atoms with Crippen LogP contribution < -0.4 is 10.6 Å². The van der Waals surface area contributed by atoms with Crippen LogP contribution in [0.15, 0.2) is 90.1 Å². The number of carbonyl (C=O) groups is 2.